The van der Waals surface area contributed by atoms with Crippen molar-refractivity contribution in [1.82, 2.24) is 19.5 Å². The molecule has 2 aromatic heterocycles. The van der Waals surface area contributed by atoms with E-state index < -0.39 is 54.6 Å². The standard InChI is InChI=1S/C10H13N5O4.2Na.H5O10P3/c11-8-5-9(13-2-12-8)15(3-14-5)10-7(18)6(17)4(1-16)19-10;;;1-11(2,3)9-13(7,8)10-12(4,5)6/h2-4,6-7,10,16-18H,1H2,(H2,11,12,13);;;(H,7,8)(H2,1,2,3)(H2,4,5,6)/q;2*+1;/p-2/t4-,6-,7-,10-;;;/m1.../s1. The van der Waals surface area contributed by atoms with E-state index >= 15 is 0 Å². The number of aliphatic hydroxyl groups excluding tert-OH is 3. The summed E-state index contributed by atoms with van der Waals surface area (Å²) in [6, 6.07) is 0. The average Bonchev–Trinajstić information content (AvgIpc) is 3.14. The fraction of sp³-hybridized carbons (Fsp3) is 0.500. The molecule has 8 N–H and O–H groups in total. The van der Waals surface area contributed by atoms with E-state index in [1.807, 2.05) is 0 Å². The summed E-state index contributed by atoms with van der Waals surface area (Å²) in [5.41, 5.74) is 6.44. The number of hydrogen-bond acceptors (Lipinski definition) is 15. The first-order valence-electron chi connectivity index (χ1n) is 7.93. The predicted molar refractivity (Wildman–Crippen MR) is 94.4 cm³/mol. The van der Waals surface area contributed by atoms with Gasteiger partial charge in [-0.15, -0.1) is 0 Å². The van der Waals surface area contributed by atoms with Gasteiger partial charge in [0, 0.05) is 0 Å². The van der Waals surface area contributed by atoms with Gasteiger partial charge in [0.2, 0.25) is 0 Å². The molecular formula is C10H16N5Na2O14P3. The number of phosphoric acid groups is 3. The van der Waals surface area contributed by atoms with E-state index in [1.165, 1.54) is 17.2 Å². The third-order valence-electron chi connectivity index (χ3n) is 3.59. The van der Waals surface area contributed by atoms with Crippen LogP contribution in [0.4, 0.5) is 5.82 Å². The van der Waals surface area contributed by atoms with Crippen LogP contribution < -0.4 is 74.6 Å². The Balaban J connectivity index is 0.000000651. The summed E-state index contributed by atoms with van der Waals surface area (Å²) in [5.74, 6) is 0.218. The van der Waals surface area contributed by atoms with Crippen LogP contribution in [0, 0.1) is 0 Å². The van der Waals surface area contributed by atoms with Crippen molar-refractivity contribution in [2.24, 2.45) is 0 Å². The number of fused-ring (bicyclic) bond motifs is 1. The fourth-order valence-corrected chi connectivity index (χ4v) is 4.92. The van der Waals surface area contributed by atoms with Gasteiger partial charge in [0.15, 0.2) is 17.7 Å². The molecule has 1 aliphatic heterocycles. The Morgan fingerprint density at radius 2 is 1.56 bits per heavy atom. The summed E-state index contributed by atoms with van der Waals surface area (Å²) in [6.07, 6.45) is -1.42. The van der Waals surface area contributed by atoms with E-state index in [4.69, 9.17) is 30.3 Å². The van der Waals surface area contributed by atoms with Crippen molar-refractivity contribution >= 4 is 40.4 Å². The van der Waals surface area contributed by atoms with Crippen LogP contribution in [-0.4, -0.2) is 74.4 Å². The van der Waals surface area contributed by atoms with Gasteiger partial charge in [-0.05, 0) is 0 Å². The van der Waals surface area contributed by atoms with Crippen molar-refractivity contribution < 1.29 is 126 Å². The normalized spacial score (nSPS) is 27.2. The Kier molecular flexibility index (Phi) is 13.6. The Morgan fingerprint density at radius 1 is 1.03 bits per heavy atom. The van der Waals surface area contributed by atoms with Crippen LogP contribution in [0.2, 0.25) is 0 Å². The summed E-state index contributed by atoms with van der Waals surface area (Å²) in [6.45, 7) is -0.390. The van der Waals surface area contributed by atoms with Crippen LogP contribution in [0.15, 0.2) is 12.7 Å². The number of nitrogens with zero attached hydrogens (tertiary/aromatic N) is 4. The second-order valence-corrected chi connectivity index (χ2v) is 10.00. The first-order valence-corrected chi connectivity index (χ1v) is 12.4. The summed E-state index contributed by atoms with van der Waals surface area (Å²) in [7, 11) is -16.9. The van der Waals surface area contributed by atoms with Crippen molar-refractivity contribution in [2.75, 3.05) is 12.3 Å². The molecule has 2 unspecified atom stereocenters. The second kappa shape index (κ2) is 13.4. The van der Waals surface area contributed by atoms with E-state index in [0.29, 0.717) is 11.2 Å². The molecule has 2 aromatic rings. The second-order valence-electron chi connectivity index (χ2n) is 5.88. The SMILES string of the molecule is Nc1ncnc2c1ncn2[C@@H]1O[C@H](CO)[C@@H](O)[C@H]1O.O=P([O-])(O)OP(=O)(O)OP(=O)([O-])O.[Na+].[Na+]. The quantitative estimate of drug-likeness (QED) is 0.125. The van der Waals surface area contributed by atoms with Gasteiger partial charge < -0.3 is 50.3 Å². The molecule has 182 valence electrons. The molecule has 19 nitrogen and oxygen atoms in total. The van der Waals surface area contributed by atoms with Crippen LogP contribution in [0.1, 0.15) is 6.23 Å². The summed E-state index contributed by atoms with van der Waals surface area (Å²) < 4.78 is 42.6. The number of imidazole rings is 1. The first kappa shape index (κ1) is 34.6. The van der Waals surface area contributed by atoms with E-state index in [-0.39, 0.29) is 64.9 Å². The van der Waals surface area contributed by atoms with Gasteiger partial charge in [-0.3, -0.25) is 13.7 Å². The maximum absolute atomic E-state index is 10.3. The van der Waals surface area contributed by atoms with Gasteiger partial charge in [0.25, 0.3) is 15.6 Å². The number of nitrogens with two attached hydrogens (primary N) is 1. The van der Waals surface area contributed by atoms with Crippen molar-refractivity contribution in [2.45, 2.75) is 24.5 Å². The van der Waals surface area contributed by atoms with Gasteiger partial charge in [-0.2, -0.15) is 0 Å². The number of nitrogen functional groups attached to an aromatic ring is 1. The van der Waals surface area contributed by atoms with Gasteiger partial charge >= 0.3 is 66.9 Å². The van der Waals surface area contributed by atoms with E-state index in [1.54, 1.807) is 0 Å². The molecule has 3 heterocycles. The van der Waals surface area contributed by atoms with Crippen molar-refractivity contribution in [3.63, 3.8) is 0 Å². The van der Waals surface area contributed by atoms with Crippen molar-refractivity contribution in [3.05, 3.63) is 12.7 Å². The Morgan fingerprint density at radius 3 is 2.00 bits per heavy atom. The third-order valence-corrected chi connectivity index (χ3v) is 6.89. The molecule has 3 rings (SSSR count). The van der Waals surface area contributed by atoms with Crippen LogP contribution >= 0.6 is 23.5 Å². The molecule has 6 atom stereocenters. The summed E-state index contributed by atoms with van der Waals surface area (Å²) in [5, 5.41) is 28.7. The van der Waals surface area contributed by atoms with Crippen LogP contribution in [-0.2, 0) is 27.1 Å². The minimum Gasteiger partial charge on any atom is -0.756 e. The van der Waals surface area contributed by atoms with Crippen molar-refractivity contribution in [3.8, 4) is 0 Å². The zero-order chi connectivity index (χ0) is 24.5. The molecule has 1 aliphatic rings. The molecule has 34 heavy (non-hydrogen) atoms. The zero-order valence-electron chi connectivity index (χ0n) is 17.3. The molecule has 24 heteroatoms. The third kappa shape index (κ3) is 9.81. The minimum atomic E-state index is -5.63. The molecule has 1 fully saturated rings. The Hall–Kier alpha value is 0.600. The average molecular weight is 569 g/mol. The molecular weight excluding hydrogens is 553 g/mol. The number of anilines is 1. The number of aliphatic hydroxyl groups is 3. The maximum Gasteiger partial charge on any atom is 1.00 e. The molecule has 0 saturated carbocycles. The predicted octanol–water partition coefficient (Wildman–Crippen LogP) is -9.93. The van der Waals surface area contributed by atoms with Gasteiger partial charge in [0.05, 0.1) is 12.9 Å². The molecule has 0 aliphatic carbocycles. The molecule has 0 amide bonds. The van der Waals surface area contributed by atoms with Crippen LogP contribution in [0.5, 0.6) is 0 Å². The van der Waals surface area contributed by atoms with E-state index in [9.17, 15) is 33.7 Å². The van der Waals surface area contributed by atoms with E-state index in [0.717, 1.165) is 0 Å². The minimum absolute atomic E-state index is 0. The van der Waals surface area contributed by atoms with Gasteiger partial charge in [-0.25, -0.2) is 28.1 Å². The van der Waals surface area contributed by atoms with Crippen LogP contribution in [0.25, 0.3) is 11.2 Å². The molecule has 0 radical (unpaired) electrons. The molecule has 0 bridgehead atoms. The molecule has 0 aromatic carbocycles. The number of hydrogen-bond donors (Lipinski definition) is 7. The Bertz CT molecular complexity index is 1070. The van der Waals surface area contributed by atoms with Crippen molar-refractivity contribution in [1.29, 1.82) is 0 Å². The van der Waals surface area contributed by atoms with E-state index in [2.05, 4.69) is 23.6 Å². The summed E-state index contributed by atoms with van der Waals surface area (Å²) >= 11 is 0. The Labute approximate surface area is 234 Å². The van der Waals surface area contributed by atoms with Crippen LogP contribution in [0.3, 0.4) is 0 Å². The molecule has 0 spiro atoms. The summed E-state index contributed by atoms with van der Waals surface area (Å²) in [4.78, 5) is 55.4. The number of ether oxygens (including phenoxy) is 1. The fourth-order valence-electron chi connectivity index (χ4n) is 2.44. The number of aromatic nitrogens is 4. The topological polar surface area (TPSA) is 316 Å². The van der Waals surface area contributed by atoms with Gasteiger partial charge in [0.1, 0.15) is 30.2 Å². The zero-order valence-corrected chi connectivity index (χ0v) is 24.0. The molecule has 1 saturated heterocycles. The van der Waals surface area contributed by atoms with Gasteiger partial charge in [-0.1, -0.05) is 0 Å². The first-order chi connectivity index (χ1) is 14.5. The monoisotopic (exact) mass is 569 g/mol. The largest absolute Gasteiger partial charge is 1.00 e. The smallest absolute Gasteiger partial charge is 0.756 e. The number of rotatable bonds is 6. The maximum atomic E-state index is 10.3.